The van der Waals surface area contributed by atoms with Gasteiger partial charge < -0.3 is 4.74 Å². The molecule has 0 amide bonds. The number of hydrogen-bond acceptors (Lipinski definition) is 3. The molecule has 0 aliphatic carbocycles. The maximum absolute atomic E-state index is 11.9. The van der Waals surface area contributed by atoms with Gasteiger partial charge in [-0.05, 0) is 25.1 Å². The van der Waals surface area contributed by atoms with Crippen LogP contribution in [0.1, 0.15) is 17.4 Å². The third kappa shape index (κ3) is 2.72. The van der Waals surface area contributed by atoms with Crippen LogP contribution in [0.4, 0.5) is 0 Å². The minimum atomic E-state index is -0.0618. The van der Waals surface area contributed by atoms with Crippen LogP contribution in [-0.2, 0) is 6.54 Å². The van der Waals surface area contributed by atoms with E-state index in [1.54, 1.807) is 16.9 Å². The van der Waals surface area contributed by atoms with E-state index in [1.165, 1.54) is 0 Å². The van der Waals surface area contributed by atoms with Crippen LogP contribution in [0, 0.1) is 0 Å². The molecule has 0 saturated heterocycles. The highest BCUT2D eigenvalue weighted by molar-refractivity contribution is 5.95. The topological polar surface area (TPSA) is 44.1 Å². The third-order valence-corrected chi connectivity index (χ3v) is 2.41. The number of nitrogens with zero attached hydrogens (tertiary/aromatic N) is 2. The van der Waals surface area contributed by atoms with Gasteiger partial charge in [0.25, 0.3) is 0 Å². The van der Waals surface area contributed by atoms with E-state index in [4.69, 9.17) is 4.74 Å². The molecule has 4 heteroatoms. The Kier molecular flexibility index (Phi) is 3.55. The molecule has 1 aromatic heterocycles. The molecule has 0 radical (unpaired) electrons. The lowest BCUT2D eigenvalue weighted by Gasteiger charge is -2.06. The first-order chi connectivity index (χ1) is 8.31. The molecule has 0 fully saturated rings. The maximum atomic E-state index is 11.9. The van der Waals surface area contributed by atoms with Crippen LogP contribution in [0.3, 0.4) is 0 Å². The van der Waals surface area contributed by atoms with Gasteiger partial charge in [-0.2, -0.15) is 5.10 Å². The number of ketones is 1. The Labute approximate surface area is 99.8 Å². The Bertz CT molecular complexity index is 491. The van der Waals surface area contributed by atoms with Gasteiger partial charge in [0.2, 0.25) is 5.78 Å². The van der Waals surface area contributed by atoms with Crippen molar-refractivity contribution >= 4 is 5.78 Å². The summed E-state index contributed by atoms with van der Waals surface area (Å²) in [4.78, 5) is 11.9. The highest BCUT2D eigenvalue weighted by Crippen LogP contribution is 2.09. The summed E-state index contributed by atoms with van der Waals surface area (Å²) in [6.45, 7) is 2.66. The Morgan fingerprint density at radius 3 is 2.76 bits per heavy atom. The van der Waals surface area contributed by atoms with Crippen molar-refractivity contribution in [3.63, 3.8) is 0 Å². The van der Waals surface area contributed by atoms with E-state index in [-0.39, 0.29) is 12.4 Å². The summed E-state index contributed by atoms with van der Waals surface area (Å²) in [7, 11) is 0. The summed E-state index contributed by atoms with van der Waals surface area (Å²) in [6.07, 6.45) is 1.62. The molecule has 0 bridgehead atoms. The zero-order valence-electron chi connectivity index (χ0n) is 9.67. The Morgan fingerprint density at radius 1 is 1.29 bits per heavy atom. The van der Waals surface area contributed by atoms with Crippen LogP contribution >= 0.6 is 0 Å². The molecular weight excluding hydrogens is 216 g/mol. The number of hydrogen-bond donors (Lipinski definition) is 0. The van der Waals surface area contributed by atoms with Crippen molar-refractivity contribution in [2.24, 2.45) is 0 Å². The van der Waals surface area contributed by atoms with Crippen LogP contribution < -0.4 is 4.74 Å². The van der Waals surface area contributed by atoms with Crippen molar-refractivity contribution in [2.45, 2.75) is 13.5 Å². The molecule has 4 nitrogen and oxygen atoms in total. The van der Waals surface area contributed by atoms with Gasteiger partial charge in [0, 0.05) is 12.7 Å². The molecular formula is C13H14N2O2. The van der Waals surface area contributed by atoms with E-state index < -0.39 is 0 Å². The number of aromatic nitrogens is 2. The van der Waals surface area contributed by atoms with Crippen molar-refractivity contribution in [1.29, 1.82) is 0 Å². The number of carbonyl (C=O) groups is 1. The summed E-state index contributed by atoms with van der Waals surface area (Å²) < 4.78 is 7.06. The highest BCUT2D eigenvalue weighted by Gasteiger charge is 2.11. The summed E-state index contributed by atoms with van der Waals surface area (Å²) in [5.41, 5.74) is 0.587. The standard InChI is InChI=1S/C13H14N2O2/c1-2-15-12(8-9-14-15)13(16)10-17-11-6-4-3-5-7-11/h3-9H,2,10H2,1H3. The first-order valence-corrected chi connectivity index (χ1v) is 5.54. The quantitative estimate of drug-likeness (QED) is 0.739. The zero-order valence-corrected chi connectivity index (χ0v) is 9.67. The van der Waals surface area contributed by atoms with E-state index in [0.29, 0.717) is 18.0 Å². The number of rotatable bonds is 5. The van der Waals surface area contributed by atoms with Gasteiger partial charge in [0.1, 0.15) is 11.4 Å². The fraction of sp³-hybridized carbons (Fsp3) is 0.231. The second-order valence-corrected chi connectivity index (χ2v) is 3.56. The van der Waals surface area contributed by atoms with Crippen molar-refractivity contribution in [3.8, 4) is 5.75 Å². The number of benzene rings is 1. The van der Waals surface area contributed by atoms with Crippen LogP contribution in [0.25, 0.3) is 0 Å². The number of para-hydroxylation sites is 1. The second kappa shape index (κ2) is 5.30. The molecule has 1 aromatic carbocycles. The largest absolute Gasteiger partial charge is 0.485 e. The van der Waals surface area contributed by atoms with Crippen molar-refractivity contribution in [3.05, 3.63) is 48.3 Å². The van der Waals surface area contributed by atoms with E-state index in [0.717, 1.165) is 0 Å². The van der Waals surface area contributed by atoms with Gasteiger partial charge >= 0.3 is 0 Å². The van der Waals surface area contributed by atoms with Gasteiger partial charge in [-0.15, -0.1) is 0 Å². The van der Waals surface area contributed by atoms with Crippen LogP contribution in [-0.4, -0.2) is 22.2 Å². The molecule has 0 N–H and O–H groups in total. The first-order valence-electron chi connectivity index (χ1n) is 5.54. The van der Waals surface area contributed by atoms with E-state index in [9.17, 15) is 4.79 Å². The Balaban J connectivity index is 1.98. The average Bonchev–Trinajstić information content (AvgIpc) is 2.85. The fourth-order valence-electron chi connectivity index (χ4n) is 1.56. The molecule has 0 aliphatic heterocycles. The average molecular weight is 230 g/mol. The Morgan fingerprint density at radius 2 is 2.06 bits per heavy atom. The van der Waals surface area contributed by atoms with E-state index in [1.807, 2.05) is 37.3 Å². The van der Waals surface area contributed by atoms with Crippen molar-refractivity contribution in [2.75, 3.05) is 6.61 Å². The highest BCUT2D eigenvalue weighted by atomic mass is 16.5. The number of Topliss-reactive ketones (excluding diaryl/α,β-unsaturated/α-hetero) is 1. The molecule has 0 atom stereocenters. The number of aryl methyl sites for hydroxylation is 1. The summed E-state index contributed by atoms with van der Waals surface area (Å²) >= 11 is 0. The Hall–Kier alpha value is -2.10. The second-order valence-electron chi connectivity index (χ2n) is 3.56. The molecule has 0 aliphatic rings. The molecule has 17 heavy (non-hydrogen) atoms. The zero-order chi connectivity index (χ0) is 12.1. The molecule has 0 unspecified atom stereocenters. The van der Waals surface area contributed by atoms with E-state index in [2.05, 4.69) is 5.10 Å². The fourth-order valence-corrected chi connectivity index (χ4v) is 1.56. The lowest BCUT2D eigenvalue weighted by Crippen LogP contribution is -2.16. The predicted octanol–water partition coefficient (Wildman–Crippen LogP) is 2.16. The predicted molar refractivity (Wildman–Crippen MR) is 64.2 cm³/mol. The van der Waals surface area contributed by atoms with Gasteiger partial charge in [-0.3, -0.25) is 9.48 Å². The van der Waals surface area contributed by atoms with Crippen molar-refractivity contribution in [1.82, 2.24) is 9.78 Å². The maximum Gasteiger partial charge on any atom is 0.218 e. The smallest absolute Gasteiger partial charge is 0.218 e. The summed E-state index contributed by atoms with van der Waals surface area (Å²) in [6, 6.07) is 11.0. The third-order valence-electron chi connectivity index (χ3n) is 2.41. The first kappa shape index (κ1) is 11.4. The van der Waals surface area contributed by atoms with Crippen LogP contribution in [0.2, 0.25) is 0 Å². The van der Waals surface area contributed by atoms with E-state index >= 15 is 0 Å². The lowest BCUT2D eigenvalue weighted by molar-refractivity contribution is 0.0911. The van der Waals surface area contributed by atoms with Crippen LogP contribution in [0.5, 0.6) is 5.75 Å². The minimum absolute atomic E-state index is 0.0374. The summed E-state index contributed by atoms with van der Waals surface area (Å²) in [5, 5.41) is 4.05. The molecule has 1 heterocycles. The number of ether oxygens (including phenoxy) is 1. The van der Waals surface area contributed by atoms with Gasteiger partial charge in [0.05, 0.1) is 0 Å². The van der Waals surface area contributed by atoms with Crippen LogP contribution in [0.15, 0.2) is 42.6 Å². The van der Waals surface area contributed by atoms with Crippen molar-refractivity contribution < 1.29 is 9.53 Å². The minimum Gasteiger partial charge on any atom is -0.485 e. The normalized spacial score (nSPS) is 10.2. The van der Waals surface area contributed by atoms with Gasteiger partial charge in [0.15, 0.2) is 6.61 Å². The molecule has 2 rings (SSSR count). The number of carbonyl (C=O) groups excluding carboxylic acids is 1. The molecule has 0 saturated carbocycles. The lowest BCUT2D eigenvalue weighted by atomic mass is 10.3. The molecule has 88 valence electrons. The monoisotopic (exact) mass is 230 g/mol. The SMILES string of the molecule is CCn1nccc1C(=O)COc1ccccc1. The molecule has 2 aromatic rings. The molecule has 0 spiro atoms. The van der Waals surface area contributed by atoms with Gasteiger partial charge in [-0.1, -0.05) is 18.2 Å². The van der Waals surface area contributed by atoms with Gasteiger partial charge in [-0.25, -0.2) is 0 Å². The summed E-state index contributed by atoms with van der Waals surface area (Å²) in [5.74, 6) is 0.636.